The lowest BCUT2D eigenvalue weighted by Crippen LogP contribution is -2.13. The Balaban J connectivity index is 0.00000144. The highest BCUT2D eigenvalue weighted by Crippen LogP contribution is 2.39. The molecule has 23 heavy (non-hydrogen) atoms. The van der Waals surface area contributed by atoms with Crippen molar-refractivity contribution in [3.63, 3.8) is 0 Å². The van der Waals surface area contributed by atoms with E-state index in [2.05, 4.69) is 19.9 Å². The standard InChI is InChI=1S/C20H26F2.CH4.H2/c1-13-3-7-15(8-4-13)17-11-12-18(20(22)19(17)21)16-9-5-14(2)6-10-16;;/h7,11-14,16H,3-6,8-10H2,1-2H3;1H4;1H. The van der Waals surface area contributed by atoms with E-state index in [9.17, 15) is 8.78 Å². The fourth-order valence-corrected chi connectivity index (χ4v) is 3.91. The first-order chi connectivity index (χ1) is 10.6. The van der Waals surface area contributed by atoms with Crippen molar-refractivity contribution >= 4 is 5.57 Å². The van der Waals surface area contributed by atoms with Crippen LogP contribution >= 0.6 is 0 Å². The van der Waals surface area contributed by atoms with Gasteiger partial charge in [0.2, 0.25) is 0 Å². The molecule has 1 aromatic rings. The first-order valence-corrected chi connectivity index (χ1v) is 8.73. The molecule has 2 aliphatic carbocycles. The zero-order chi connectivity index (χ0) is 15.7. The summed E-state index contributed by atoms with van der Waals surface area (Å²) in [4.78, 5) is 0. The second-order valence-corrected chi connectivity index (χ2v) is 7.40. The number of halogens is 2. The van der Waals surface area contributed by atoms with Crippen LogP contribution in [0.5, 0.6) is 0 Å². The fourth-order valence-electron chi connectivity index (χ4n) is 3.91. The second-order valence-electron chi connectivity index (χ2n) is 7.40. The van der Waals surface area contributed by atoms with E-state index in [1.165, 1.54) is 0 Å². The molecule has 0 heterocycles. The number of benzene rings is 1. The predicted molar refractivity (Wildman–Crippen MR) is 96.6 cm³/mol. The topological polar surface area (TPSA) is 0 Å². The molecule has 2 aliphatic rings. The Morgan fingerprint density at radius 3 is 2.22 bits per heavy atom. The van der Waals surface area contributed by atoms with Crippen molar-refractivity contribution in [3.8, 4) is 0 Å². The summed E-state index contributed by atoms with van der Waals surface area (Å²) in [7, 11) is 0. The predicted octanol–water partition coefficient (Wildman–Crippen LogP) is 7.34. The van der Waals surface area contributed by atoms with Crippen LogP contribution < -0.4 is 0 Å². The van der Waals surface area contributed by atoms with E-state index < -0.39 is 11.6 Å². The van der Waals surface area contributed by atoms with Gasteiger partial charge >= 0.3 is 0 Å². The van der Waals surface area contributed by atoms with Gasteiger partial charge in [0, 0.05) is 6.99 Å². The van der Waals surface area contributed by atoms with Crippen LogP contribution in [0.1, 0.15) is 84.7 Å². The fraction of sp³-hybridized carbons (Fsp3) is 0.619. The average molecular weight is 322 g/mol. The molecule has 1 fully saturated rings. The molecule has 3 rings (SSSR count). The van der Waals surface area contributed by atoms with Crippen molar-refractivity contribution in [2.75, 3.05) is 0 Å². The number of rotatable bonds is 2. The first kappa shape index (κ1) is 18.2. The van der Waals surface area contributed by atoms with Crippen LogP contribution in [0.4, 0.5) is 8.78 Å². The third-order valence-electron chi connectivity index (χ3n) is 5.59. The van der Waals surface area contributed by atoms with Gasteiger partial charge in [0.05, 0.1) is 0 Å². The van der Waals surface area contributed by atoms with Crippen molar-refractivity contribution in [2.45, 2.75) is 72.1 Å². The molecule has 1 aromatic carbocycles. The van der Waals surface area contributed by atoms with Crippen LogP contribution in [0, 0.1) is 23.5 Å². The molecule has 0 saturated heterocycles. The average Bonchev–Trinajstić information content (AvgIpc) is 2.52. The third-order valence-corrected chi connectivity index (χ3v) is 5.59. The van der Waals surface area contributed by atoms with Gasteiger partial charge in [0.25, 0.3) is 0 Å². The van der Waals surface area contributed by atoms with Gasteiger partial charge in [-0.15, -0.1) is 0 Å². The Hall–Kier alpha value is -1.18. The maximum absolute atomic E-state index is 14.6. The van der Waals surface area contributed by atoms with E-state index in [0.717, 1.165) is 56.4 Å². The minimum absolute atomic E-state index is 0. The van der Waals surface area contributed by atoms with Crippen molar-refractivity contribution < 1.29 is 10.2 Å². The molecular formula is C21H32F2. The Kier molecular flexibility index (Phi) is 6.00. The Morgan fingerprint density at radius 2 is 1.61 bits per heavy atom. The molecular weight excluding hydrogens is 290 g/mol. The van der Waals surface area contributed by atoms with Crippen LogP contribution in [0.2, 0.25) is 0 Å². The zero-order valence-electron chi connectivity index (χ0n) is 13.7. The molecule has 0 aliphatic heterocycles. The third kappa shape index (κ3) is 3.84. The summed E-state index contributed by atoms with van der Waals surface area (Å²) in [6.45, 7) is 4.45. The summed E-state index contributed by atoms with van der Waals surface area (Å²) in [5, 5.41) is 0. The van der Waals surface area contributed by atoms with Gasteiger partial charge in [0.1, 0.15) is 0 Å². The first-order valence-electron chi connectivity index (χ1n) is 8.73. The maximum atomic E-state index is 14.6. The highest BCUT2D eigenvalue weighted by molar-refractivity contribution is 5.67. The van der Waals surface area contributed by atoms with Crippen LogP contribution in [0.3, 0.4) is 0 Å². The van der Waals surface area contributed by atoms with Gasteiger partial charge in [-0.2, -0.15) is 0 Å². The van der Waals surface area contributed by atoms with Gasteiger partial charge in [-0.25, -0.2) is 8.78 Å². The summed E-state index contributed by atoms with van der Waals surface area (Å²) in [5.41, 5.74) is 2.06. The van der Waals surface area contributed by atoms with E-state index in [-0.39, 0.29) is 14.8 Å². The van der Waals surface area contributed by atoms with Crippen LogP contribution in [-0.2, 0) is 0 Å². The molecule has 0 bridgehead atoms. The monoisotopic (exact) mass is 322 g/mol. The van der Waals surface area contributed by atoms with Crippen LogP contribution in [0.15, 0.2) is 18.2 Å². The summed E-state index contributed by atoms with van der Waals surface area (Å²) in [6.07, 6.45) is 9.20. The van der Waals surface area contributed by atoms with Gasteiger partial charge in [-0.05, 0) is 61.0 Å². The lowest BCUT2D eigenvalue weighted by molar-refractivity contribution is 0.339. The van der Waals surface area contributed by atoms with E-state index in [4.69, 9.17) is 0 Å². The smallest absolute Gasteiger partial charge is 0.166 e. The quantitative estimate of drug-likeness (QED) is 0.534. The lowest BCUT2D eigenvalue weighted by atomic mass is 9.78. The Bertz CT molecular complexity index is 571. The van der Waals surface area contributed by atoms with E-state index in [1.54, 1.807) is 0 Å². The van der Waals surface area contributed by atoms with E-state index >= 15 is 0 Å². The molecule has 1 atom stereocenters. The molecule has 0 amide bonds. The van der Waals surface area contributed by atoms with Gasteiger partial charge < -0.3 is 0 Å². The van der Waals surface area contributed by atoms with Crippen LogP contribution in [0.25, 0.3) is 5.57 Å². The Morgan fingerprint density at radius 1 is 0.913 bits per heavy atom. The summed E-state index contributed by atoms with van der Waals surface area (Å²) in [6, 6.07) is 3.65. The van der Waals surface area contributed by atoms with Crippen molar-refractivity contribution in [2.24, 2.45) is 11.8 Å². The second kappa shape index (κ2) is 7.59. The van der Waals surface area contributed by atoms with Crippen molar-refractivity contribution in [1.29, 1.82) is 0 Å². The molecule has 0 aromatic heterocycles. The van der Waals surface area contributed by atoms with Gasteiger partial charge in [-0.3, -0.25) is 0 Å². The minimum Gasteiger partial charge on any atom is -0.203 e. The number of hydrogen-bond acceptors (Lipinski definition) is 0. The summed E-state index contributed by atoms with van der Waals surface area (Å²) in [5.74, 6) is 0.339. The maximum Gasteiger partial charge on any atom is 0.166 e. The molecule has 0 spiro atoms. The Labute approximate surface area is 141 Å². The molecule has 130 valence electrons. The number of hydrogen-bond donors (Lipinski definition) is 0. The largest absolute Gasteiger partial charge is 0.203 e. The molecule has 0 nitrogen and oxygen atoms in total. The van der Waals surface area contributed by atoms with E-state index in [0.29, 0.717) is 17.0 Å². The molecule has 1 saturated carbocycles. The SMILES string of the molecule is C.CC1CC=C(c2ccc(C3CCC(C)CC3)c(F)c2F)CC1.[HH]. The zero-order valence-corrected chi connectivity index (χ0v) is 13.7. The molecule has 0 radical (unpaired) electrons. The molecule has 1 unspecified atom stereocenters. The van der Waals surface area contributed by atoms with Crippen LogP contribution in [-0.4, -0.2) is 0 Å². The highest BCUT2D eigenvalue weighted by Gasteiger charge is 2.25. The minimum atomic E-state index is -0.628. The molecule has 0 N–H and O–H groups in total. The number of allylic oxidation sites excluding steroid dienone is 2. The van der Waals surface area contributed by atoms with E-state index in [1.807, 2.05) is 12.1 Å². The normalized spacial score (nSPS) is 28.0. The highest BCUT2D eigenvalue weighted by atomic mass is 19.2. The van der Waals surface area contributed by atoms with Gasteiger partial charge in [-0.1, -0.05) is 52.3 Å². The molecule has 2 heteroatoms. The van der Waals surface area contributed by atoms with Crippen molar-refractivity contribution in [3.05, 3.63) is 41.0 Å². The lowest BCUT2D eigenvalue weighted by Gasteiger charge is -2.27. The summed E-state index contributed by atoms with van der Waals surface area (Å²) >= 11 is 0. The van der Waals surface area contributed by atoms with Gasteiger partial charge in [0.15, 0.2) is 11.6 Å². The summed E-state index contributed by atoms with van der Waals surface area (Å²) < 4.78 is 29.1. The van der Waals surface area contributed by atoms with Crippen molar-refractivity contribution in [1.82, 2.24) is 0 Å².